The van der Waals surface area contributed by atoms with Gasteiger partial charge in [-0.05, 0) is 12.3 Å². The van der Waals surface area contributed by atoms with Crippen molar-refractivity contribution in [2.24, 2.45) is 5.92 Å². The van der Waals surface area contributed by atoms with Crippen LogP contribution in [0.4, 0.5) is 5.13 Å². The van der Waals surface area contributed by atoms with Crippen LogP contribution in [-0.2, 0) is 9.59 Å². The van der Waals surface area contributed by atoms with Crippen molar-refractivity contribution >= 4 is 28.3 Å². The lowest BCUT2D eigenvalue weighted by Crippen LogP contribution is -2.40. The van der Waals surface area contributed by atoms with E-state index >= 15 is 0 Å². The molecular formula is C12H17N3O2S. The first kappa shape index (κ1) is 13.0. The minimum absolute atomic E-state index is 0.0235. The van der Waals surface area contributed by atoms with Gasteiger partial charge in [0.2, 0.25) is 11.8 Å². The van der Waals surface area contributed by atoms with E-state index in [4.69, 9.17) is 0 Å². The first-order valence-electron chi connectivity index (χ1n) is 6.09. The average molecular weight is 267 g/mol. The first-order valence-corrected chi connectivity index (χ1v) is 6.97. The molecule has 1 unspecified atom stereocenters. The number of hydrogen-bond acceptors (Lipinski definition) is 4. The minimum Gasteiger partial charge on any atom is -0.355 e. The molecule has 5 nitrogen and oxygen atoms in total. The monoisotopic (exact) mass is 267 g/mol. The second-order valence-corrected chi connectivity index (χ2v) is 5.62. The molecule has 1 fully saturated rings. The van der Waals surface area contributed by atoms with Gasteiger partial charge in [-0.25, -0.2) is 4.98 Å². The van der Waals surface area contributed by atoms with Gasteiger partial charge in [-0.2, -0.15) is 0 Å². The van der Waals surface area contributed by atoms with Crippen LogP contribution in [-0.4, -0.2) is 23.3 Å². The molecule has 2 amide bonds. The average Bonchev–Trinajstić information content (AvgIpc) is 2.78. The molecule has 1 saturated heterocycles. The Bertz CT molecular complexity index is 446. The van der Waals surface area contributed by atoms with Gasteiger partial charge < -0.3 is 10.6 Å². The highest BCUT2D eigenvalue weighted by atomic mass is 32.1. The van der Waals surface area contributed by atoms with Gasteiger partial charge in [0.15, 0.2) is 5.13 Å². The standard InChI is InChI=1S/C12H17N3O2S/c1-7(2)9-6-18-12(14-9)15-11(17)8-3-4-10(16)13-5-8/h6-8H,3-5H2,1-2H3,(H,13,16)(H,14,15,17). The van der Waals surface area contributed by atoms with Gasteiger partial charge in [0.25, 0.3) is 0 Å². The summed E-state index contributed by atoms with van der Waals surface area (Å²) < 4.78 is 0. The molecule has 0 radical (unpaired) electrons. The Morgan fingerprint density at radius 1 is 1.61 bits per heavy atom. The van der Waals surface area contributed by atoms with Gasteiger partial charge in [0.05, 0.1) is 11.6 Å². The van der Waals surface area contributed by atoms with Gasteiger partial charge in [0, 0.05) is 18.3 Å². The van der Waals surface area contributed by atoms with Crippen molar-refractivity contribution in [3.05, 3.63) is 11.1 Å². The third-order valence-electron chi connectivity index (χ3n) is 2.98. The SMILES string of the molecule is CC(C)c1csc(NC(=O)C2CCC(=O)NC2)n1. The summed E-state index contributed by atoms with van der Waals surface area (Å²) in [5, 5.41) is 8.13. The molecule has 0 bridgehead atoms. The summed E-state index contributed by atoms with van der Waals surface area (Å²) in [4.78, 5) is 27.3. The molecule has 0 saturated carbocycles. The summed E-state index contributed by atoms with van der Waals surface area (Å²) in [6.07, 6.45) is 1.03. The number of nitrogens with one attached hydrogen (secondary N) is 2. The van der Waals surface area contributed by atoms with E-state index in [-0.39, 0.29) is 17.7 Å². The van der Waals surface area contributed by atoms with Crippen LogP contribution < -0.4 is 10.6 Å². The second kappa shape index (κ2) is 5.48. The van der Waals surface area contributed by atoms with E-state index in [1.807, 2.05) is 5.38 Å². The van der Waals surface area contributed by atoms with Crippen LogP contribution >= 0.6 is 11.3 Å². The molecule has 0 aliphatic carbocycles. The quantitative estimate of drug-likeness (QED) is 0.876. The Morgan fingerprint density at radius 2 is 2.39 bits per heavy atom. The summed E-state index contributed by atoms with van der Waals surface area (Å²) in [5.74, 6) is 0.185. The molecule has 2 N–H and O–H groups in total. The fourth-order valence-corrected chi connectivity index (χ4v) is 2.65. The highest BCUT2D eigenvalue weighted by molar-refractivity contribution is 7.13. The number of nitrogens with zero attached hydrogens (tertiary/aromatic N) is 1. The fourth-order valence-electron chi connectivity index (χ4n) is 1.77. The third-order valence-corrected chi connectivity index (χ3v) is 3.76. The number of piperidine rings is 1. The van der Waals surface area contributed by atoms with Gasteiger partial charge >= 0.3 is 0 Å². The lowest BCUT2D eigenvalue weighted by molar-refractivity contribution is -0.126. The maximum atomic E-state index is 12.0. The predicted molar refractivity (Wildman–Crippen MR) is 70.6 cm³/mol. The molecule has 0 spiro atoms. The normalized spacial score (nSPS) is 19.7. The molecule has 2 rings (SSSR count). The summed E-state index contributed by atoms with van der Waals surface area (Å²) in [6.45, 7) is 4.56. The zero-order valence-corrected chi connectivity index (χ0v) is 11.3. The van der Waals surface area contributed by atoms with Gasteiger partial charge in [-0.3, -0.25) is 9.59 Å². The first-order chi connectivity index (χ1) is 8.56. The number of anilines is 1. The molecule has 18 heavy (non-hydrogen) atoms. The molecule has 1 aliphatic rings. The van der Waals surface area contributed by atoms with Crippen molar-refractivity contribution in [1.82, 2.24) is 10.3 Å². The van der Waals surface area contributed by atoms with E-state index in [0.29, 0.717) is 30.4 Å². The molecule has 1 aromatic rings. The Labute approximate surface area is 110 Å². The van der Waals surface area contributed by atoms with E-state index in [0.717, 1.165) is 5.69 Å². The highest BCUT2D eigenvalue weighted by Gasteiger charge is 2.25. The van der Waals surface area contributed by atoms with E-state index < -0.39 is 0 Å². The van der Waals surface area contributed by atoms with E-state index in [9.17, 15) is 9.59 Å². The number of carbonyl (C=O) groups excluding carboxylic acids is 2. The maximum absolute atomic E-state index is 12.0. The molecular weight excluding hydrogens is 250 g/mol. The molecule has 98 valence electrons. The summed E-state index contributed by atoms with van der Waals surface area (Å²) >= 11 is 1.44. The van der Waals surface area contributed by atoms with E-state index in [1.54, 1.807) is 0 Å². The number of thiazole rings is 1. The van der Waals surface area contributed by atoms with Crippen molar-refractivity contribution in [1.29, 1.82) is 0 Å². The lowest BCUT2D eigenvalue weighted by Gasteiger charge is -2.20. The summed E-state index contributed by atoms with van der Waals surface area (Å²) in [5.41, 5.74) is 0.993. The van der Waals surface area contributed by atoms with Crippen LogP contribution in [0.1, 0.15) is 38.3 Å². The summed E-state index contributed by atoms with van der Waals surface area (Å²) in [6, 6.07) is 0. The van der Waals surface area contributed by atoms with Crippen LogP contribution in [0, 0.1) is 5.92 Å². The van der Waals surface area contributed by atoms with Crippen LogP contribution in [0.3, 0.4) is 0 Å². The number of hydrogen-bond donors (Lipinski definition) is 2. The fraction of sp³-hybridized carbons (Fsp3) is 0.583. The Kier molecular flexibility index (Phi) is 3.96. The minimum atomic E-state index is -0.144. The Morgan fingerprint density at radius 3 is 2.94 bits per heavy atom. The van der Waals surface area contributed by atoms with Gasteiger partial charge in [-0.1, -0.05) is 13.8 Å². The Balaban J connectivity index is 1.92. The number of carbonyl (C=O) groups is 2. The van der Waals surface area contributed by atoms with Crippen LogP contribution in [0.15, 0.2) is 5.38 Å². The second-order valence-electron chi connectivity index (χ2n) is 4.76. The van der Waals surface area contributed by atoms with Gasteiger partial charge in [0.1, 0.15) is 0 Å². The molecule has 1 aliphatic heterocycles. The summed E-state index contributed by atoms with van der Waals surface area (Å²) in [7, 11) is 0. The predicted octanol–water partition coefficient (Wildman–Crippen LogP) is 1.73. The van der Waals surface area contributed by atoms with E-state index in [2.05, 4.69) is 29.5 Å². The van der Waals surface area contributed by atoms with Crippen LogP contribution in [0.5, 0.6) is 0 Å². The zero-order chi connectivity index (χ0) is 13.1. The molecule has 0 aromatic carbocycles. The highest BCUT2D eigenvalue weighted by Crippen LogP contribution is 2.22. The van der Waals surface area contributed by atoms with Crippen molar-refractivity contribution in [3.8, 4) is 0 Å². The largest absolute Gasteiger partial charge is 0.355 e. The zero-order valence-electron chi connectivity index (χ0n) is 10.5. The molecule has 6 heteroatoms. The van der Waals surface area contributed by atoms with Gasteiger partial charge in [-0.15, -0.1) is 11.3 Å². The van der Waals surface area contributed by atoms with Crippen molar-refractivity contribution in [3.63, 3.8) is 0 Å². The van der Waals surface area contributed by atoms with Crippen LogP contribution in [0.25, 0.3) is 0 Å². The number of aromatic nitrogens is 1. The number of amides is 2. The topological polar surface area (TPSA) is 71.1 Å². The number of rotatable bonds is 3. The Hall–Kier alpha value is -1.43. The van der Waals surface area contributed by atoms with Crippen LogP contribution in [0.2, 0.25) is 0 Å². The van der Waals surface area contributed by atoms with Crippen molar-refractivity contribution < 1.29 is 9.59 Å². The third kappa shape index (κ3) is 3.07. The molecule has 1 aromatic heterocycles. The maximum Gasteiger partial charge on any atom is 0.231 e. The van der Waals surface area contributed by atoms with Crippen molar-refractivity contribution in [2.45, 2.75) is 32.6 Å². The van der Waals surface area contributed by atoms with E-state index in [1.165, 1.54) is 11.3 Å². The van der Waals surface area contributed by atoms with Crippen molar-refractivity contribution in [2.75, 3.05) is 11.9 Å². The lowest BCUT2D eigenvalue weighted by atomic mass is 9.98. The molecule has 1 atom stereocenters. The molecule has 2 heterocycles. The smallest absolute Gasteiger partial charge is 0.231 e.